The van der Waals surface area contributed by atoms with Crippen LogP contribution in [0.15, 0.2) is 75.0 Å². The molecular formula is C24H14Cl2N4O5. The summed E-state index contributed by atoms with van der Waals surface area (Å²) in [7, 11) is 1.29. The molecule has 0 fully saturated rings. The van der Waals surface area contributed by atoms with E-state index in [1.165, 1.54) is 25.5 Å². The highest BCUT2D eigenvalue weighted by atomic mass is 35.5. The molecule has 0 aliphatic heterocycles. The van der Waals surface area contributed by atoms with Crippen molar-refractivity contribution in [2.45, 2.75) is 0 Å². The maximum Gasteiger partial charge on any atom is 0.313 e. The average Bonchev–Trinajstić information content (AvgIpc) is 3.26. The first-order chi connectivity index (χ1) is 16.9. The predicted octanol–water partition coefficient (Wildman–Crippen LogP) is 5.92. The van der Waals surface area contributed by atoms with Crippen LogP contribution >= 0.6 is 23.2 Å². The van der Waals surface area contributed by atoms with Crippen LogP contribution < -0.4 is 10.3 Å². The Labute approximate surface area is 206 Å². The second-order valence-electron chi connectivity index (χ2n) is 7.41. The minimum Gasteiger partial charge on any atom is -0.490 e. The molecule has 2 aromatic heterocycles. The van der Waals surface area contributed by atoms with Gasteiger partial charge in [-0.3, -0.25) is 14.9 Å². The highest BCUT2D eigenvalue weighted by Crippen LogP contribution is 2.34. The summed E-state index contributed by atoms with van der Waals surface area (Å²) in [5.74, 6) is 0.365. The molecule has 0 spiro atoms. The molecule has 0 aliphatic carbocycles. The Bertz CT molecular complexity index is 1730. The Morgan fingerprint density at radius 3 is 2.69 bits per heavy atom. The number of ether oxygens (including phenoxy) is 1. The number of para-hydroxylation sites is 1. The molecule has 0 radical (unpaired) electrons. The van der Waals surface area contributed by atoms with Gasteiger partial charge >= 0.3 is 5.69 Å². The number of fused-ring (bicyclic) bond motifs is 2. The number of hydrogen-bond acceptors (Lipinski definition) is 7. The van der Waals surface area contributed by atoms with E-state index >= 15 is 0 Å². The van der Waals surface area contributed by atoms with Gasteiger partial charge in [0.05, 0.1) is 29.2 Å². The molecule has 0 saturated carbocycles. The van der Waals surface area contributed by atoms with Gasteiger partial charge in [0.2, 0.25) is 11.6 Å². The summed E-state index contributed by atoms with van der Waals surface area (Å²) in [5.41, 5.74) is 0.410. The summed E-state index contributed by atoms with van der Waals surface area (Å²) < 4.78 is 12.2. The quantitative estimate of drug-likeness (QED) is 0.165. The molecule has 3 aromatic carbocycles. The van der Waals surface area contributed by atoms with Gasteiger partial charge < -0.3 is 9.15 Å². The van der Waals surface area contributed by atoms with Gasteiger partial charge in [0, 0.05) is 27.1 Å². The topological polar surface area (TPSA) is 113 Å². The lowest BCUT2D eigenvalue weighted by Crippen LogP contribution is -2.20. The third kappa shape index (κ3) is 4.11. The fourth-order valence-corrected chi connectivity index (χ4v) is 4.09. The predicted molar refractivity (Wildman–Crippen MR) is 134 cm³/mol. The van der Waals surface area contributed by atoms with Crippen LogP contribution in [-0.4, -0.2) is 27.9 Å². The molecule has 0 N–H and O–H groups in total. The fourth-order valence-electron chi connectivity index (χ4n) is 3.69. The summed E-state index contributed by atoms with van der Waals surface area (Å²) >= 11 is 12.2. The Morgan fingerprint density at radius 2 is 1.91 bits per heavy atom. The van der Waals surface area contributed by atoms with E-state index in [0.29, 0.717) is 21.5 Å². The molecule has 0 atom stereocenters. The van der Waals surface area contributed by atoms with Crippen LogP contribution in [0.4, 0.5) is 5.69 Å². The Hall–Kier alpha value is -4.21. The first-order valence-electron chi connectivity index (χ1n) is 10.1. The first-order valence-corrected chi connectivity index (χ1v) is 10.9. The van der Waals surface area contributed by atoms with E-state index in [1.54, 1.807) is 48.5 Å². The number of nitro benzene ring substituents is 1. The molecule has 0 amide bonds. The van der Waals surface area contributed by atoms with Gasteiger partial charge in [-0.1, -0.05) is 35.3 Å². The number of aromatic nitrogens is 2. The zero-order valence-electron chi connectivity index (χ0n) is 17.9. The average molecular weight is 509 g/mol. The summed E-state index contributed by atoms with van der Waals surface area (Å²) in [6.07, 6.45) is 1.25. The van der Waals surface area contributed by atoms with E-state index < -0.39 is 10.5 Å². The maximum atomic E-state index is 13.4. The Kier molecular flexibility index (Phi) is 5.72. The lowest BCUT2D eigenvalue weighted by molar-refractivity contribution is -0.385. The molecule has 35 heavy (non-hydrogen) atoms. The van der Waals surface area contributed by atoms with Gasteiger partial charge in [0.1, 0.15) is 5.58 Å². The van der Waals surface area contributed by atoms with Crippen LogP contribution in [0.2, 0.25) is 10.0 Å². The smallest absolute Gasteiger partial charge is 0.313 e. The van der Waals surface area contributed by atoms with E-state index in [-0.39, 0.29) is 33.6 Å². The number of nitro groups is 1. The maximum absolute atomic E-state index is 13.4. The molecule has 5 rings (SSSR count). The molecular weight excluding hydrogens is 495 g/mol. The number of nitrogens with zero attached hydrogens (tertiary/aromatic N) is 4. The van der Waals surface area contributed by atoms with Crippen molar-refractivity contribution in [2.75, 3.05) is 7.11 Å². The Balaban J connectivity index is 1.75. The van der Waals surface area contributed by atoms with E-state index in [1.807, 2.05) is 0 Å². The number of furan rings is 1. The van der Waals surface area contributed by atoms with Gasteiger partial charge in [-0.05, 0) is 42.5 Å². The van der Waals surface area contributed by atoms with Crippen molar-refractivity contribution in [3.8, 4) is 17.3 Å². The van der Waals surface area contributed by atoms with Crippen molar-refractivity contribution >= 4 is 57.0 Å². The molecule has 9 nitrogen and oxygen atoms in total. The lowest BCUT2D eigenvalue weighted by atomic mass is 10.2. The second kappa shape index (κ2) is 8.86. The Morgan fingerprint density at radius 1 is 1.11 bits per heavy atom. The number of benzene rings is 3. The third-order valence-corrected chi connectivity index (χ3v) is 5.68. The highest BCUT2D eigenvalue weighted by molar-refractivity contribution is 6.31. The van der Waals surface area contributed by atoms with E-state index in [4.69, 9.17) is 32.4 Å². The van der Waals surface area contributed by atoms with Crippen molar-refractivity contribution < 1.29 is 14.1 Å². The highest BCUT2D eigenvalue weighted by Gasteiger charge is 2.21. The second-order valence-corrected chi connectivity index (χ2v) is 8.28. The zero-order chi connectivity index (χ0) is 24.7. The largest absolute Gasteiger partial charge is 0.490 e. The minimum absolute atomic E-state index is 0.0510. The molecule has 11 heteroatoms. The molecule has 0 unspecified atom stereocenters. The molecule has 0 aliphatic rings. The van der Waals surface area contributed by atoms with Gasteiger partial charge in [-0.25, -0.2) is 4.98 Å². The summed E-state index contributed by atoms with van der Waals surface area (Å²) in [4.78, 5) is 28.8. The van der Waals surface area contributed by atoms with Crippen LogP contribution in [0.3, 0.4) is 0 Å². The molecule has 0 saturated heterocycles. The van der Waals surface area contributed by atoms with Crippen molar-refractivity contribution in [3.63, 3.8) is 0 Å². The van der Waals surface area contributed by atoms with Gasteiger partial charge in [-0.2, -0.15) is 9.78 Å². The zero-order valence-corrected chi connectivity index (χ0v) is 19.4. The third-order valence-electron chi connectivity index (χ3n) is 5.23. The number of hydrogen-bond donors (Lipinski definition) is 0. The normalized spacial score (nSPS) is 11.5. The van der Waals surface area contributed by atoms with E-state index in [9.17, 15) is 14.9 Å². The van der Waals surface area contributed by atoms with Crippen molar-refractivity contribution in [1.29, 1.82) is 0 Å². The van der Waals surface area contributed by atoms with E-state index in [0.717, 1.165) is 10.1 Å². The monoisotopic (exact) mass is 508 g/mol. The number of methoxy groups -OCH3 is 1. The standard InChI is InChI=1S/C24H14Cl2N4O5/c1-34-22-14(9-16(26)11-19(22)30(32)33)12-27-29-23(28-18-5-3-2-4-17(18)24(29)31)21-10-13-8-15(25)6-7-20(13)35-21/h2-12H,1H3. The summed E-state index contributed by atoms with van der Waals surface area (Å²) in [6.45, 7) is 0. The van der Waals surface area contributed by atoms with Crippen molar-refractivity contribution in [2.24, 2.45) is 5.10 Å². The first kappa shape index (κ1) is 22.6. The molecule has 5 aromatic rings. The van der Waals surface area contributed by atoms with Crippen LogP contribution in [0.25, 0.3) is 33.5 Å². The minimum atomic E-state index is -0.614. The van der Waals surface area contributed by atoms with Crippen LogP contribution in [0.5, 0.6) is 5.75 Å². The van der Waals surface area contributed by atoms with Gasteiger partial charge in [0.15, 0.2) is 5.76 Å². The molecule has 2 heterocycles. The SMILES string of the molecule is COc1c(C=Nn2c(-c3cc4cc(Cl)ccc4o3)nc3ccccc3c2=O)cc(Cl)cc1[N+](=O)[O-]. The number of halogens is 2. The van der Waals surface area contributed by atoms with Crippen molar-refractivity contribution in [1.82, 2.24) is 9.66 Å². The van der Waals surface area contributed by atoms with E-state index in [2.05, 4.69) is 10.1 Å². The summed E-state index contributed by atoms with van der Waals surface area (Å²) in [5, 5.41) is 17.4. The van der Waals surface area contributed by atoms with Gasteiger partial charge in [-0.15, -0.1) is 0 Å². The fraction of sp³-hybridized carbons (Fsp3) is 0.0417. The van der Waals surface area contributed by atoms with Crippen molar-refractivity contribution in [3.05, 3.63) is 96.7 Å². The number of rotatable bonds is 5. The van der Waals surface area contributed by atoms with Crippen LogP contribution in [0, 0.1) is 10.1 Å². The summed E-state index contributed by atoms with van der Waals surface area (Å²) in [6, 6.07) is 16.3. The molecule has 174 valence electrons. The van der Waals surface area contributed by atoms with Crippen LogP contribution in [0.1, 0.15) is 5.56 Å². The van der Waals surface area contributed by atoms with Crippen LogP contribution in [-0.2, 0) is 0 Å². The lowest BCUT2D eigenvalue weighted by Gasteiger charge is -2.09. The van der Waals surface area contributed by atoms with Gasteiger partial charge in [0.25, 0.3) is 5.56 Å². The molecule has 0 bridgehead atoms.